The van der Waals surface area contributed by atoms with Crippen LogP contribution in [0.25, 0.3) is 11.0 Å². The first-order chi connectivity index (χ1) is 11.9. The van der Waals surface area contributed by atoms with Crippen LogP contribution in [-0.4, -0.2) is 24.5 Å². The lowest BCUT2D eigenvalue weighted by molar-refractivity contribution is -0.304. The third-order valence-electron chi connectivity index (χ3n) is 4.42. The van der Waals surface area contributed by atoms with E-state index in [1.54, 1.807) is 13.0 Å². The highest BCUT2D eigenvalue weighted by Gasteiger charge is 2.22. The zero-order valence-corrected chi connectivity index (χ0v) is 14.0. The number of nitrogens with one attached hydrogen (secondary N) is 1. The van der Waals surface area contributed by atoms with Crippen molar-refractivity contribution in [3.05, 3.63) is 39.2 Å². The lowest BCUT2D eigenvalue weighted by atomic mass is 10.0. The Bertz CT molecular complexity index is 914. The van der Waals surface area contributed by atoms with E-state index in [1.807, 2.05) is 6.07 Å². The standard InChI is InChI=1S/C18H19NO6/c1-9-14(24-10(2)17(22)19-8-15(20)21)7-6-12-11-4-3-5-13(11)18(23)25-16(9)12/h6-7,10H,3-5,8H2,1-2H3,(H,19,22)(H,20,21)/p-1/t10-/m0/s1. The molecule has 1 aliphatic carbocycles. The van der Waals surface area contributed by atoms with Crippen LogP contribution in [-0.2, 0) is 22.4 Å². The van der Waals surface area contributed by atoms with Gasteiger partial charge in [-0.3, -0.25) is 4.79 Å². The van der Waals surface area contributed by atoms with Crippen molar-refractivity contribution in [2.45, 2.75) is 39.2 Å². The largest absolute Gasteiger partial charge is 0.548 e. The summed E-state index contributed by atoms with van der Waals surface area (Å²) in [5.41, 5.74) is 2.55. The second-order valence-electron chi connectivity index (χ2n) is 6.12. The predicted octanol–water partition coefficient (Wildman–Crippen LogP) is 0.224. The number of carboxylic acids is 1. The SMILES string of the molecule is Cc1c(O[C@@H](C)C(=O)NCC(=O)[O-])ccc2c3c(c(=O)oc12)CCC3. The number of carboxylic acid groups (broad SMARTS) is 1. The second kappa shape index (κ2) is 6.58. The zero-order valence-electron chi connectivity index (χ0n) is 14.0. The van der Waals surface area contributed by atoms with Crippen LogP contribution in [0.1, 0.15) is 30.0 Å². The van der Waals surface area contributed by atoms with E-state index in [9.17, 15) is 19.5 Å². The normalized spacial score (nSPS) is 14.2. The summed E-state index contributed by atoms with van der Waals surface area (Å²) in [6.45, 7) is 2.69. The van der Waals surface area contributed by atoms with Crippen molar-refractivity contribution in [3.8, 4) is 5.75 Å². The number of hydrogen-bond donors (Lipinski definition) is 1. The van der Waals surface area contributed by atoms with Gasteiger partial charge < -0.3 is 24.4 Å². The minimum atomic E-state index is -1.38. The number of aryl methyl sites for hydroxylation is 2. The molecule has 0 bridgehead atoms. The molecule has 1 atom stereocenters. The average molecular weight is 344 g/mol. The Morgan fingerprint density at radius 1 is 1.32 bits per heavy atom. The Kier molecular flexibility index (Phi) is 4.48. The molecule has 0 fully saturated rings. The fraction of sp³-hybridized carbons (Fsp3) is 0.389. The van der Waals surface area contributed by atoms with E-state index in [2.05, 4.69) is 5.32 Å². The van der Waals surface area contributed by atoms with Crippen molar-refractivity contribution in [2.75, 3.05) is 6.54 Å². The van der Waals surface area contributed by atoms with Gasteiger partial charge in [-0.05, 0) is 50.8 Å². The number of fused-ring (bicyclic) bond motifs is 3. The van der Waals surface area contributed by atoms with Gasteiger partial charge in [-0.2, -0.15) is 0 Å². The minimum Gasteiger partial charge on any atom is -0.548 e. The molecule has 3 rings (SSSR count). The van der Waals surface area contributed by atoms with E-state index in [-0.39, 0.29) is 5.63 Å². The average Bonchev–Trinajstić information content (AvgIpc) is 3.06. The van der Waals surface area contributed by atoms with Crippen molar-refractivity contribution >= 4 is 22.8 Å². The minimum absolute atomic E-state index is 0.319. The van der Waals surface area contributed by atoms with Crippen LogP contribution in [0, 0.1) is 6.92 Å². The molecule has 7 nitrogen and oxygen atoms in total. The molecule has 132 valence electrons. The molecule has 1 aromatic heterocycles. The molecular formula is C18H18NO6-. The third kappa shape index (κ3) is 3.22. The molecule has 2 aromatic rings. The molecular weight excluding hydrogens is 326 g/mol. The van der Waals surface area contributed by atoms with Crippen LogP contribution >= 0.6 is 0 Å². The van der Waals surface area contributed by atoms with Crippen LogP contribution in [0.3, 0.4) is 0 Å². The molecule has 0 saturated heterocycles. The summed E-state index contributed by atoms with van der Waals surface area (Å²) in [6, 6.07) is 3.56. The smallest absolute Gasteiger partial charge is 0.339 e. The molecule has 1 aliphatic rings. The first-order valence-corrected chi connectivity index (χ1v) is 8.11. The summed E-state index contributed by atoms with van der Waals surface area (Å²) in [5, 5.41) is 13.5. The molecule has 0 aliphatic heterocycles. The highest BCUT2D eigenvalue weighted by atomic mass is 16.5. The van der Waals surface area contributed by atoms with Gasteiger partial charge >= 0.3 is 5.63 Å². The molecule has 0 saturated carbocycles. The van der Waals surface area contributed by atoms with Crippen molar-refractivity contribution in [1.29, 1.82) is 0 Å². The first kappa shape index (κ1) is 17.0. The lowest BCUT2D eigenvalue weighted by Crippen LogP contribution is -2.43. The third-order valence-corrected chi connectivity index (χ3v) is 4.42. The van der Waals surface area contributed by atoms with Gasteiger partial charge in [-0.15, -0.1) is 0 Å². The summed E-state index contributed by atoms with van der Waals surface area (Å²) >= 11 is 0. The number of benzene rings is 1. The molecule has 25 heavy (non-hydrogen) atoms. The molecule has 1 heterocycles. The van der Waals surface area contributed by atoms with Gasteiger partial charge in [0.2, 0.25) is 0 Å². The molecule has 0 radical (unpaired) electrons. The summed E-state index contributed by atoms with van der Waals surface area (Å²) in [4.78, 5) is 34.4. The number of carbonyl (C=O) groups is 2. The first-order valence-electron chi connectivity index (χ1n) is 8.11. The van der Waals surface area contributed by atoms with Gasteiger partial charge in [0, 0.05) is 16.5 Å². The summed E-state index contributed by atoms with van der Waals surface area (Å²) in [5.74, 6) is -1.54. The highest BCUT2D eigenvalue weighted by Crippen LogP contribution is 2.33. The summed E-state index contributed by atoms with van der Waals surface area (Å²) in [7, 11) is 0. The van der Waals surface area contributed by atoms with Gasteiger partial charge in [-0.25, -0.2) is 4.79 Å². The van der Waals surface area contributed by atoms with Gasteiger partial charge in [0.05, 0.1) is 12.5 Å². The topological polar surface area (TPSA) is 109 Å². The van der Waals surface area contributed by atoms with Gasteiger partial charge in [-0.1, -0.05) is 0 Å². The lowest BCUT2D eigenvalue weighted by Gasteiger charge is -2.17. The Morgan fingerprint density at radius 2 is 2.04 bits per heavy atom. The highest BCUT2D eigenvalue weighted by molar-refractivity contribution is 5.87. The summed E-state index contributed by atoms with van der Waals surface area (Å²) < 4.78 is 11.1. The molecule has 1 amide bonds. The van der Waals surface area contributed by atoms with Crippen molar-refractivity contribution < 1.29 is 23.8 Å². The van der Waals surface area contributed by atoms with Crippen LogP contribution < -0.4 is 20.8 Å². The second-order valence-corrected chi connectivity index (χ2v) is 6.12. The predicted molar refractivity (Wildman–Crippen MR) is 87.4 cm³/mol. The van der Waals surface area contributed by atoms with E-state index < -0.39 is 24.5 Å². The van der Waals surface area contributed by atoms with E-state index >= 15 is 0 Å². The maximum Gasteiger partial charge on any atom is 0.339 e. The fourth-order valence-electron chi connectivity index (χ4n) is 3.14. The van der Waals surface area contributed by atoms with Crippen molar-refractivity contribution in [1.82, 2.24) is 5.32 Å². The number of rotatable bonds is 5. The quantitative estimate of drug-likeness (QED) is 0.778. The number of amides is 1. The number of carbonyl (C=O) groups excluding carboxylic acids is 2. The maximum atomic E-state index is 12.1. The van der Waals surface area contributed by atoms with Crippen molar-refractivity contribution in [3.63, 3.8) is 0 Å². The maximum absolute atomic E-state index is 12.1. The van der Waals surface area contributed by atoms with Crippen LogP contribution in [0.4, 0.5) is 0 Å². The van der Waals surface area contributed by atoms with E-state index in [0.717, 1.165) is 35.8 Å². The van der Waals surface area contributed by atoms with Crippen LogP contribution in [0.5, 0.6) is 5.75 Å². The van der Waals surface area contributed by atoms with E-state index in [4.69, 9.17) is 9.15 Å². The van der Waals surface area contributed by atoms with Crippen LogP contribution in [0.15, 0.2) is 21.3 Å². The molecule has 0 unspecified atom stereocenters. The number of ether oxygens (including phenoxy) is 1. The van der Waals surface area contributed by atoms with E-state index in [0.29, 0.717) is 16.9 Å². The number of hydrogen-bond acceptors (Lipinski definition) is 6. The monoisotopic (exact) mass is 344 g/mol. The number of aliphatic carboxylic acids is 1. The molecule has 1 aromatic carbocycles. The zero-order chi connectivity index (χ0) is 18.1. The summed E-state index contributed by atoms with van der Waals surface area (Å²) in [6.07, 6.45) is 1.61. The Morgan fingerprint density at radius 3 is 2.76 bits per heavy atom. The molecule has 7 heteroatoms. The molecule has 0 spiro atoms. The Balaban J connectivity index is 1.90. The van der Waals surface area contributed by atoms with Crippen LogP contribution in [0.2, 0.25) is 0 Å². The van der Waals surface area contributed by atoms with Gasteiger partial charge in [0.15, 0.2) is 6.10 Å². The fourth-order valence-corrected chi connectivity index (χ4v) is 3.14. The molecule has 1 N–H and O–H groups in total. The Labute approximate surface area is 143 Å². The Hall–Kier alpha value is -2.83. The van der Waals surface area contributed by atoms with E-state index in [1.165, 1.54) is 6.92 Å². The van der Waals surface area contributed by atoms with Gasteiger partial charge in [0.25, 0.3) is 5.91 Å². The van der Waals surface area contributed by atoms with Crippen molar-refractivity contribution in [2.24, 2.45) is 0 Å². The van der Waals surface area contributed by atoms with Gasteiger partial charge in [0.1, 0.15) is 11.3 Å².